The first-order chi connectivity index (χ1) is 8.50. The Bertz CT molecular complexity index is 440. The SMILES string of the molecule is Cc1nc(Cl)nc(N(C)C2CCCCC2O)c1N. The number of hydrogen-bond acceptors (Lipinski definition) is 5. The molecule has 100 valence electrons. The molecule has 0 amide bonds. The first-order valence-electron chi connectivity index (χ1n) is 6.21. The molecule has 0 radical (unpaired) electrons. The van der Waals surface area contributed by atoms with Gasteiger partial charge in [0.25, 0.3) is 0 Å². The monoisotopic (exact) mass is 270 g/mol. The average Bonchev–Trinajstić information content (AvgIpc) is 2.33. The van der Waals surface area contributed by atoms with E-state index in [9.17, 15) is 5.11 Å². The molecule has 0 bridgehead atoms. The molecular formula is C12H19ClN4O. The zero-order valence-corrected chi connectivity index (χ0v) is 11.5. The molecule has 1 fully saturated rings. The van der Waals surface area contributed by atoms with Crippen LogP contribution in [0.15, 0.2) is 0 Å². The van der Waals surface area contributed by atoms with E-state index in [1.807, 2.05) is 11.9 Å². The van der Waals surface area contributed by atoms with Crippen molar-refractivity contribution in [2.75, 3.05) is 17.7 Å². The highest BCUT2D eigenvalue weighted by Crippen LogP contribution is 2.30. The van der Waals surface area contributed by atoms with E-state index in [0.29, 0.717) is 17.2 Å². The Balaban J connectivity index is 2.30. The fourth-order valence-corrected chi connectivity index (χ4v) is 2.71. The van der Waals surface area contributed by atoms with Gasteiger partial charge in [0, 0.05) is 7.05 Å². The van der Waals surface area contributed by atoms with E-state index in [-0.39, 0.29) is 17.4 Å². The van der Waals surface area contributed by atoms with Gasteiger partial charge in [-0.05, 0) is 31.4 Å². The highest BCUT2D eigenvalue weighted by molar-refractivity contribution is 6.28. The van der Waals surface area contributed by atoms with E-state index < -0.39 is 0 Å². The Hall–Kier alpha value is -1.07. The third kappa shape index (κ3) is 2.52. The van der Waals surface area contributed by atoms with Crippen LogP contribution in [0.1, 0.15) is 31.4 Å². The second kappa shape index (κ2) is 5.28. The van der Waals surface area contributed by atoms with Crippen molar-refractivity contribution in [1.82, 2.24) is 9.97 Å². The van der Waals surface area contributed by atoms with Gasteiger partial charge in [0.05, 0.1) is 23.5 Å². The van der Waals surface area contributed by atoms with Crippen molar-refractivity contribution < 1.29 is 5.11 Å². The Morgan fingerprint density at radius 1 is 1.33 bits per heavy atom. The maximum absolute atomic E-state index is 10.1. The molecule has 0 aromatic carbocycles. The molecule has 0 saturated heterocycles. The van der Waals surface area contributed by atoms with Gasteiger partial charge in [-0.15, -0.1) is 0 Å². The predicted octanol–water partition coefficient (Wildman–Crippen LogP) is 1.76. The van der Waals surface area contributed by atoms with Crippen molar-refractivity contribution in [3.63, 3.8) is 0 Å². The number of likely N-dealkylation sites (N-methyl/N-ethyl adjacent to an activating group) is 1. The van der Waals surface area contributed by atoms with Crippen molar-refractivity contribution >= 4 is 23.1 Å². The van der Waals surface area contributed by atoms with E-state index in [1.165, 1.54) is 0 Å². The van der Waals surface area contributed by atoms with Gasteiger partial charge in [-0.25, -0.2) is 4.98 Å². The summed E-state index contributed by atoms with van der Waals surface area (Å²) in [5.74, 6) is 0.610. The summed E-state index contributed by atoms with van der Waals surface area (Å²) in [4.78, 5) is 10.1. The Morgan fingerprint density at radius 3 is 2.67 bits per heavy atom. The lowest BCUT2D eigenvalue weighted by Gasteiger charge is -2.36. The molecule has 3 N–H and O–H groups in total. The number of aryl methyl sites for hydroxylation is 1. The number of aliphatic hydroxyl groups excluding tert-OH is 1. The minimum absolute atomic E-state index is 0.0476. The number of anilines is 2. The van der Waals surface area contributed by atoms with Crippen LogP contribution in [0.2, 0.25) is 5.28 Å². The van der Waals surface area contributed by atoms with Crippen LogP contribution in [0.25, 0.3) is 0 Å². The second-order valence-corrected chi connectivity index (χ2v) is 5.18. The lowest BCUT2D eigenvalue weighted by molar-refractivity contribution is 0.106. The zero-order valence-electron chi connectivity index (χ0n) is 10.7. The number of aliphatic hydroxyl groups is 1. The summed E-state index contributed by atoms with van der Waals surface area (Å²) in [6.07, 6.45) is 3.62. The molecule has 6 heteroatoms. The fourth-order valence-electron chi connectivity index (χ4n) is 2.50. The largest absolute Gasteiger partial charge is 0.394 e. The molecule has 2 atom stereocenters. The summed E-state index contributed by atoms with van der Waals surface area (Å²) in [5.41, 5.74) is 7.19. The van der Waals surface area contributed by atoms with Gasteiger partial charge in [0.15, 0.2) is 5.82 Å². The Labute approximate surface area is 112 Å². The van der Waals surface area contributed by atoms with Crippen LogP contribution in [0, 0.1) is 6.92 Å². The molecule has 1 aliphatic rings. The molecule has 18 heavy (non-hydrogen) atoms. The van der Waals surface area contributed by atoms with E-state index in [0.717, 1.165) is 25.7 Å². The molecule has 1 aromatic rings. The van der Waals surface area contributed by atoms with Crippen LogP contribution in [-0.4, -0.2) is 34.3 Å². The summed E-state index contributed by atoms with van der Waals surface area (Å²) >= 11 is 5.87. The number of nitrogen functional groups attached to an aromatic ring is 1. The van der Waals surface area contributed by atoms with E-state index in [2.05, 4.69) is 9.97 Å². The summed E-state index contributed by atoms with van der Waals surface area (Å²) in [7, 11) is 1.90. The molecule has 1 heterocycles. The first kappa shape index (κ1) is 13.4. The lowest BCUT2D eigenvalue weighted by Crippen LogP contribution is -2.44. The third-order valence-corrected chi connectivity index (χ3v) is 3.78. The average molecular weight is 271 g/mol. The molecule has 0 aliphatic heterocycles. The molecule has 5 nitrogen and oxygen atoms in total. The van der Waals surface area contributed by atoms with Gasteiger partial charge in [-0.2, -0.15) is 4.98 Å². The number of aromatic nitrogens is 2. The normalized spacial score (nSPS) is 24.0. The fraction of sp³-hybridized carbons (Fsp3) is 0.667. The molecule has 2 rings (SSSR count). The molecule has 2 unspecified atom stereocenters. The van der Waals surface area contributed by atoms with Crippen LogP contribution < -0.4 is 10.6 Å². The molecule has 1 aliphatic carbocycles. The van der Waals surface area contributed by atoms with Gasteiger partial charge < -0.3 is 15.7 Å². The molecule has 1 saturated carbocycles. The van der Waals surface area contributed by atoms with Gasteiger partial charge in [0.1, 0.15) is 0 Å². The number of halogens is 1. The van der Waals surface area contributed by atoms with Crippen molar-refractivity contribution in [3.05, 3.63) is 11.0 Å². The minimum Gasteiger partial charge on any atom is -0.394 e. The van der Waals surface area contributed by atoms with Crippen LogP contribution in [0.3, 0.4) is 0 Å². The smallest absolute Gasteiger partial charge is 0.224 e. The van der Waals surface area contributed by atoms with Crippen molar-refractivity contribution in [2.24, 2.45) is 0 Å². The molecular weight excluding hydrogens is 252 g/mol. The van der Waals surface area contributed by atoms with Crippen molar-refractivity contribution in [1.29, 1.82) is 0 Å². The Morgan fingerprint density at radius 2 is 2.00 bits per heavy atom. The zero-order chi connectivity index (χ0) is 13.3. The third-order valence-electron chi connectivity index (χ3n) is 3.61. The highest BCUT2D eigenvalue weighted by Gasteiger charge is 2.28. The first-order valence-corrected chi connectivity index (χ1v) is 6.59. The van der Waals surface area contributed by atoms with E-state index in [4.69, 9.17) is 17.3 Å². The van der Waals surface area contributed by atoms with Crippen LogP contribution in [0.5, 0.6) is 0 Å². The topological polar surface area (TPSA) is 75.3 Å². The predicted molar refractivity (Wildman–Crippen MR) is 72.9 cm³/mol. The standard InChI is InChI=1S/C12H19ClN4O/c1-7-10(14)11(16-12(13)15-7)17(2)8-5-3-4-6-9(8)18/h8-9,18H,3-6,14H2,1-2H3. The van der Waals surface area contributed by atoms with E-state index >= 15 is 0 Å². The number of nitrogens with zero attached hydrogens (tertiary/aromatic N) is 3. The van der Waals surface area contributed by atoms with Gasteiger partial charge in [-0.1, -0.05) is 12.8 Å². The van der Waals surface area contributed by atoms with Crippen LogP contribution >= 0.6 is 11.6 Å². The Kier molecular flexibility index (Phi) is 3.92. The number of nitrogens with two attached hydrogens (primary N) is 1. The summed E-state index contributed by atoms with van der Waals surface area (Å²) in [6.45, 7) is 1.80. The van der Waals surface area contributed by atoms with Gasteiger partial charge >= 0.3 is 0 Å². The lowest BCUT2D eigenvalue weighted by atomic mass is 9.91. The van der Waals surface area contributed by atoms with Gasteiger partial charge in [0.2, 0.25) is 5.28 Å². The van der Waals surface area contributed by atoms with Crippen molar-refractivity contribution in [2.45, 2.75) is 44.8 Å². The minimum atomic E-state index is -0.336. The number of hydrogen-bond donors (Lipinski definition) is 2. The second-order valence-electron chi connectivity index (χ2n) is 4.85. The van der Waals surface area contributed by atoms with Crippen LogP contribution in [-0.2, 0) is 0 Å². The summed E-state index contributed by atoms with van der Waals surface area (Å²) in [6, 6.07) is 0.0476. The van der Waals surface area contributed by atoms with Crippen LogP contribution in [0.4, 0.5) is 11.5 Å². The molecule has 0 spiro atoms. The quantitative estimate of drug-likeness (QED) is 0.801. The molecule has 1 aromatic heterocycles. The number of rotatable bonds is 2. The summed E-state index contributed by atoms with van der Waals surface area (Å²) < 4.78 is 0. The maximum atomic E-state index is 10.1. The van der Waals surface area contributed by atoms with Crippen molar-refractivity contribution in [3.8, 4) is 0 Å². The van der Waals surface area contributed by atoms with E-state index in [1.54, 1.807) is 6.92 Å². The highest BCUT2D eigenvalue weighted by atomic mass is 35.5. The summed E-state index contributed by atoms with van der Waals surface area (Å²) in [5, 5.41) is 10.3. The maximum Gasteiger partial charge on any atom is 0.224 e. The van der Waals surface area contributed by atoms with Gasteiger partial charge in [-0.3, -0.25) is 0 Å².